The van der Waals surface area contributed by atoms with E-state index in [1.165, 1.54) is 14.0 Å². The zero-order chi connectivity index (χ0) is 13.9. The molecule has 1 aromatic rings. The molecule has 100 valence electrons. The topological polar surface area (TPSA) is 95.7 Å². The van der Waals surface area contributed by atoms with Crippen molar-refractivity contribution in [2.75, 3.05) is 7.05 Å². The number of likely N-dealkylation sites (N-methyl/N-ethyl adjacent to an activating group) is 1. The standard InChI is InChI=1S/C11H17N3O4/c1-6-5-12-9(18-6)7(2)13-11(17)14(4)8(3)10(15)16/h5,7-8H,1-4H3,(H,13,17)(H,15,16). The quantitative estimate of drug-likeness (QED) is 0.841. The predicted molar refractivity (Wildman–Crippen MR) is 63.0 cm³/mol. The van der Waals surface area contributed by atoms with Gasteiger partial charge in [0, 0.05) is 7.05 Å². The second-order valence-corrected chi connectivity index (χ2v) is 4.11. The Morgan fingerprint density at radius 2 is 2.11 bits per heavy atom. The molecule has 18 heavy (non-hydrogen) atoms. The van der Waals surface area contributed by atoms with Crippen LogP contribution in [0.5, 0.6) is 0 Å². The molecular formula is C11H17N3O4. The molecule has 0 aromatic carbocycles. The summed E-state index contributed by atoms with van der Waals surface area (Å²) in [5.41, 5.74) is 0. The summed E-state index contributed by atoms with van der Waals surface area (Å²) < 4.78 is 5.27. The minimum atomic E-state index is -1.06. The highest BCUT2D eigenvalue weighted by atomic mass is 16.4. The summed E-state index contributed by atoms with van der Waals surface area (Å²) in [6.45, 7) is 4.90. The summed E-state index contributed by atoms with van der Waals surface area (Å²) in [5, 5.41) is 11.4. The van der Waals surface area contributed by atoms with Crippen LogP contribution < -0.4 is 5.32 Å². The molecule has 0 bridgehead atoms. The first kappa shape index (κ1) is 14.0. The number of hydrogen-bond acceptors (Lipinski definition) is 4. The Bertz CT molecular complexity index is 443. The van der Waals surface area contributed by atoms with E-state index in [4.69, 9.17) is 9.52 Å². The van der Waals surface area contributed by atoms with Crippen LogP contribution in [0.4, 0.5) is 4.79 Å². The zero-order valence-electron chi connectivity index (χ0n) is 10.8. The van der Waals surface area contributed by atoms with Gasteiger partial charge >= 0.3 is 12.0 Å². The average molecular weight is 255 g/mol. The van der Waals surface area contributed by atoms with Crippen LogP contribution in [0.2, 0.25) is 0 Å². The Morgan fingerprint density at radius 1 is 1.50 bits per heavy atom. The molecule has 0 spiro atoms. The van der Waals surface area contributed by atoms with Gasteiger partial charge in [-0.3, -0.25) is 0 Å². The Balaban J connectivity index is 2.62. The Hall–Kier alpha value is -2.05. The van der Waals surface area contributed by atoms with Crippen LogP contribution in [0.1, 0.15) is 31.5 Å². The van der Waals surface area contributed by atoms with Crippen molar-refractivity contribution in [1.82, 2.24) is 15.2 Å². The number of carbonyl (C=O) groups is 2. The Morgan fingerprint density at radius 3 is 2.56 bits per heavy atom. The number of oxazole rings is 1. The lowest BCUT2D eigenvalue weighted by Crippen LogP contribution is -2.46. The third-order valence-corrected chi connectivity index (χ3v) is 2.61. The van der Waals surface area contributed by atoms with Crippen LogP contribution in [0.3, 0.4) is 0 Å². The number of aryl methyl sites for hydroxylation is 1. The molecule has 0 radical (unpaired) electrons. The van der Waals surface area contributed by atoms with E-state index in [-0.39, 0.29) is 0 Å². The summed E-state index contributed by atoms with van der Waals surface area (Å²) in [6.07, 6.45) is 1.56. The zero-order valence-corrected chi connectivity index (χ0v) is 10.8. The molecule has 0 saturated carbocycles. The van der Waals surface area contributed by atoms with Crippen LogP contribution in [-0.2, 0) is 4.79 Å². The summed E-state index contributed by atoms with van der Waals surface area (Å²) in [7, 11) is 1.42. The van der Waals surface area contributed by atoms with E-state index in [2.05, 4.69) is 10.3 Å². The molecule has 7 heteroatoms. The van der Waals surface area contributed by atoms with Gasteiger partial charge in [0.2, 0.25) is 5.89 Å². The van der Waals surface area contributed by atoms with Crippen molar-refractivity contribution in [3.8, 4) is 0 Å². The first-order valence-corrected chi connectivity index (χ1v) is 5.51. The molecule has 0 aliphatic rings. The highest BCUT2D eigenvalue weighted by molar-refractivity contribution is 5.82. The number of rotatable bonds is 4. The second-order valence-electron chi connectivity index (χ2n) is 4.11. The van der Waals surface area contributed by atoms with Crippen LogP contribution in [-0.4, -0.2) is 40.1 Å². The number of carbonyl (C=O) groups excluding carboxylic acids is 1. The number of aromatic nitrogens is 1. The number of amides is 2. The van der Waals surface area contributed by atoms with Crippen LogP contribution in [0, 0.1) is 6.92 Å². The summed E-state index contributed by atoms with van der Waals surface area (Å²) in [5.74, 6) is -0.0251. The van der Waals surface area contributed by atoms with Gasteiger partial charge in [0.1, 0.15) is 17.8 Å². The minimum absolute atomic E-state index is 0.386. The molecule has 0 fully saturated rings. The normalized spacial score (nSPS) is 13.8. The summed E-state index contributed by atoms with van der Waals surface area (Å²) >= 11 is 0. The molecule has 0 aliphatic carbocycles. The van der Waals surface area contributed by atoms with Gasteiger partial charge in [-0.15, -0.1) is 0 Å². The minimum Gasteiger partial charge on any atom is -0.480 e. The molecule has 7 nitrogen and oxygen atoms in total. The average Bonchev–Trinajstić information content (AvgIpc) is 2.73. The van der Waals surface area contributed by atoms with Crippen molar-refractivity contribution in [2.45, 2.75) is 32.9 Å². The fourth-order valence-electron chi connectivity index (χ4n) is 1.26. The molecule has 2 atom stereocenters. The number of carboxylic acids is 1. The largest absolute Gasteiger partial charge is 0.480 e. The number of nitrogens with one attached hydrogen (secondary N) is 1. The molecule has 2 amide bonds. The van der Waals surface area contributed by atoms with E-state index in [1.54, 1.807) is 20.0 Å². The van der Waals surface area contributed by atoms with E-state index in [0.29, 0.717) is 11.7 Å². The van der Waals surface area contributed by atoms with E-state index in [9.17, 15) is 9.59 Å². The lowest BCUT2D eigenvalue weighted by Gasteiger charge is -2.23. The first-order chi connectivity index (χ1) is 8.32. The molecule has 2 N–H and O–H groups in total. The molecule has 0 saturated heterocycles. The SMILES string of the molecule is Cc1cnc(C(C)NC(=O)N(C)C(C)C(=O)O)o1. The van der Waals surface area contributed by atoms with E-state index >= 15 is 0 Å². The van der Waals surface area contributed by atoms with Gasteiger partial charge in [-0.1, -0.05) is 0 Å². The van der Waals surface area contributed by atoms with Gasteiger partial charge < -0.3 is 19.7 Å². The van der Waals surface area contributed by atoms with Crippen molar-refractivity contribution >= 4 is 12.0 Å². The first-order valence-electron chi connectivity index (χ1n) is 5.51. The Labute approximate surface area is 105 Å². The number of aliphatic carboxylic acids is 1. The smallest absolute Gasteiger partial charge is 0.326 e. The third kappa shape index (κ3) is 3.22. The van der Waals surface area contributed by atoms with Gasteiger partial charge in [-0.25, -0.2) is 14.6 Å². The van der Waals surface area contributed by atoms with Gasteiger partial charge in [-0.05, 0) is 20.8 Å². The van der Waals surface area contributed by atoms with Gasteiger partial charge in [0.25, 0.3) is 0 Å². The highest BCUT2D eigenvalue weighted by Gasteiger charge is 2.23. The Kier molecular flexibility index (Phi) is 4.30. The fraction of sp³-hybridized carbons (Fsp3) is 0.545. The van der Waals surface area contributed by atoms with Crippen LogP contribution >= 0.6 is 0 Å². The maximum absolute atomic E-state index is 11.8. The molecule has 2 unspecified atom stereocenters. The van der Waals surface area contributed by atoms with Crippen molar-refractivity contribution in [3.63, 3.8) is 0 Å². The van der Waals surface area contributed by atoms with Gasteiger partial charge in [0.15, 0.2) is 0 Å². The van der Waals surface area contributed by atoms with Crippen molar-refractivity contribution in [2.24, 2.45) is 0 Å². The van der Waals surface area contributed by atoms with E-state index in [0.717, 1.165) is 4.90 Å². The van der Waals surface area contributed by atoms with Crippen molar-refractivity contribution in [3.05, 3.63) is 17.8 Å². The lowest BCUT2D eigenvalue weighted by atomic mass is 10.3. The summed E-state index contributed by atoms with van der Waals surface area (Å²) in [6, 6.07) is -1.81. The molecule has 1 heterocycles. The summed E-state index contributed by atoms with van der Waals surface area (Å²) in [4.78, 5) is 27.6. The van der Waals surface area contributed by atoms with Crippen molar-refractivity contribution < 1.29 is 19.1 Å². The number of urea groups is 1. The van der Waals surface area contributed by atoms with Gasteiger partial charge in [-0.2, -0.15) is 0 Å². The van der Waals surface area contributed by atoms with E-state index in [1.807, 2.05) is 0 Å². The number of hydrogen-bond donors (Lipinski definition) is 2. The maximum atomic E-state index is 11.8. The third-order valence-electron chi connectivity index (χ3n) is 2.61. The second kappa shape index (κ2) is 5.52. The number of nitrogens with zero attached hydrogens (tertiary/aromatic N) is 2. The predicted octanol–water partition coefficient (Wildman–Crippen LogP) is 1.16. The number of carboxylic acid groups (broad SMARTS) is 1. The lowest BCUT2D eigenvalue weighted by molar-refractivity contribution is -0.141. The molecule has 0 aliphatic heterocycles. The molecule has 1 rings (SSSR count). The van der Waals surface area contributed by atoms with Crippen LogP contribution in [0.15, 0.2) is 10.6 Å². The molecule has 1 aromatic heterocycles. The van der Waals surface area contributed by atoms with Gasteiger partial charge in [0.05, 0.1) is 6.20 Å². The van der Waals surface area contributed by atoms with E-state index < -0.39 is 24.1 Å². The highest BCUT2D eigenvalue weighted by Crippen LogP contribution is 2.12. The molecular weight excluding hydrogens is 238 g/mol. The monoisotopic (exact) mass is 255 g/mol. The maximum Gasteiger partial charge on any atom is 0.326 e. The fourth-order valence-corrected chi connectivity index (χ4v) is 1.26. The van der Waals surface area contributed by atoms with Crippen molar-refractivity contribution in [1.29, 1.82) is 0 Å². The van der Waals surface area contributed by atoms with Crippen LogP contribution in [0.25, 0.3) is 0 Å².